The molecule has 0 radical (unpaired) electrons. The summed E-state index contributed by atoms with van der Waals surface area (Å²) in [7, 11) is 2.74. The third kappa shape index (κ3) is 7.89. The molecule has 190 valence electrons. The molecule has 0 amide bonds. The lowest BCUT2D eigenvalue weighted by atomic mass is 9.93. The highest BCUT2D eigenvalue weighted by atomic mass is 33.1. The van der Waals surface area contributed by atoms with E-state index in [-0.39, 0.29) is 47.9 Å². The van der Waals surface area contributed by atoms with Crippen molar-refractivity contribution in [1.82, 2.24) is 4.90 Å². The Bertz CT molecular complexity index is 1000. The van der Waals surface area contributed by atoms with Crippen LogP contribution in [0.4, 0.5) is 4.39 Å². The number of piperidine rings is 1. The molecule has 11 heteroatoms. The Balaban J connectivity index is 1.67. The number of ketones is 2. The molecule has 2 aliphatic rings. The summed E-state index contributed by atoms with van der Waals surface area (Å²) < 4.78 is 14.7. The van der Waals surface area contributed by atoms with Crippen LogP contribution in [0.15, 0.2) is 35.9 Å². The summed E-state index contributed by atoms with van der Waals surface area (Å²) in [6, 6.07) is 4.64. The van der Waals surface area contributed by atoms with Crippen LogP contribution in [-0.4, -0.2) is 68.8 Å². The molecule has 3 rings (SSSR count). The van der Waals surface area contributed by atoms with Gasteiger partial charge in [-0.05, 0) is 30.9 Å². The summed E-state index contributed by atoms with van der Waals surface area (Å²) in [6.45, 7) is 0.696. The summed E-state index contributed by atoms with van der Waals surface area (Å²) in [5.74, 6) is -2.80. The number of Topliss-reactive ketones (excluding diaryl/α,β-unsaturated/α-hetero) is 2. The first-order chi connectivity index (χ1) is 16.7. The van der Waals surface area contributed by atoms with Crippen molar-refractivity contribution in [2.24, 2.45) is 11.7 Å². The SMILES string of the molecule is NC(CSSC1CCN(C(C(=O)C2CC2)c2ccccc2F)C/C1=C/C(=O)O)C(=O)CCC(=O)O. The Morgan fingerprint density at radius 2 is 1.86 bits per heavy atom. The molecule has 3 atom stereocenters. The molecule has 1 aliphatic heterocycles. The number of halogens is 1. The van der Waals surface area contributed by atoms with Crippen LogP contribution in [0.3, 0.4) is 0 Å². The van der Waals surface area contributed by atoms with Gasteiger partial charge in [-0.2, -0.15) is 0 Å². The molecule has 1 aromatic rings. The van der Waals surface area contributed by atoms with Crippen LogP contribution in [0.1, 0.15) is 43.7 Å². The van der Waals surface area contributed by atoms with Gasteiger partial charge in [0.1, 0.15) is 5.82 Å². The first-order valence-corrected chi connectivity index (χ1v) is 13.8. The van der Waals surface area contributed by atoms with Crippen LogP contribution in [0, 0.1) is 11.7 Å². The van der Waals surface area contributed by atoms with Gasteiger partial charge >= 0.3 is 11.9 Å². The maximum Gasteiger partial charge on any atom is 0.328 e. The second-order valence-corrected chi connectivity index (χ2v) is 11.4. The molecular formula is C24H29FN2O6S2. The number of hydrogen-bond donors (Lipinski definition) is 3. The maximum atomic E-state index is 14.7. The van der Waals surface area contributed by atoms with E-state index in [1.165, 1.54) is 27.7 Å². The Labute approximate surface area is 210 Å². The molecule has 3 unspecified atom stereocenters. The molecule has 1 heterocycles. The summed E-state index contributed by atoms with van der Waals surface area (Å²) in [5, 5.41) is 17.9. The maximum absolute atomic E-state index is 14.7. The molecular weight excluding hydrogens is 495 g/mol. The quantitative estimate of drug-likeness (QED) is 0.261. The molecule has 1 saturated heterocycles. The van der Waals surface area contributed by atoms with E-state index in [0.29, 0.717) is 24.1 Å². The number of rotatable bonds is 13. The van der Waals surface area contributed by atoms with Gasteiger partial charge in [-0.1, -0.05) is 39.8 Å². The number of nitrogens with two attached hydrogens (primary N) is 1. The molecule has 1 aromatic carbocycles. The van der Waals surface area contributed by atoms with E-state index in [9.17, 15) is 28.7 Å². The fraction of sp³-hybridized carbons (Fsp3) is 0.500. The number of carbonyl (C=O) groups is 4. The number of carbonyl (C=O) groups excluding carboxylic acids is 2. The predicted molar refractivity (Wildman–Crippen MR) is 132 cm³/mol. The third-order valence-corrected chi connectivity index (χ3v) is 8.95. The van der Waals surface area contributed by atoms with E-state index in [1.54, 1.807) is 18.2 Å². The normalized spacial score (nSPS) is 21.4. The van der Waals surface area contributed by atoms with Crippen molar-refractivity contribution in [2.75, 3.05) is 18.8 Å². The van der Waals surface area contributed by atoms with Gasteiger partial charge in [0, 0.05) is 48.1 Å². The van der Waals surface area contributed by atoms with Crippen molar-refractivity contribution in [3.8, 4) is 0 Å². The lowest BCUT2D eigenvalue weighted by Crippen LogP contribution is -2.43. The van der Waals surface area contributed by atoms with Gasteiger partial charge in [0.15, 0.2) is 11.6 Å². The molecule has 1 aliphatic carbocycles. The second kappa shape index (κ2) is 12.7. The Morgan fingerprint density at radius 3 is 2.49 bits per heavy atom. The molecule has 8 nitrogen and oxygen atoms in total. The number of aliphatic carboxylic acids is 2. The fourth-order valence-electron chi connectivity index (χ4n) is 4.03. The zero-order chi connectivity index (χ0) is 25.5. The zero-order valence-electron chi connectivity index (χ0n) is 19.1. The standard InChI is InChI=1S/C24H29FN2O6S2/c25-17-4-2-1-3-16(17)23(24(33)14-5-6-14)27-10-9-20(15(12-27)11-22(31)32)35-34-13-18(26)19(28)7-8-21(29)30/h1-4,11,14,18,20,23H,5-10,12-13,26H2,(H,29,30)(H,31,32)/b15-11-. The summed E-state index contributed by atoms with van der Waals surface area (Å²) in [6.07, 6.45) is 2.87. The highest BCUT2D eigenvalue weighted by molar-refractivity contribution is 8.77. The fourth-order valence-corrected chi connectivity index (χ4v) is 6.90. The highest BCUT2D eigenvalue weighted by Gasteiger charge is 2.41. The number of likely N-dealkylation sites (tertiary alicyclic amines) is 1. The minimum Gasteiger partial charge on any atom is -0.481 e. The largest absolute Gasteiger partial charge is 0.481 e. The lowest BCUT2D eigenvalue weighted by Gasteiger charge is -2.38. The van der Waals surface area contributed by atoms with Crippen molar-refractivity contribution in [2.45, 2.75) is 49.4 Å². The van der Waals surface area contributed by atoms with Gasteiger partial charge in [-0.15, -0.1) is 0 Å². The Morgan fingerprint density at radius 1 is 1.14 bits per heavy atom. The number of carboxylic acids is 2. The molecule has 35 heavy (non-hydrogen) atoms. The van der Waals surface area contributed by atoms with Crippen molar-refractivity contribution in [3.63, 3.8) is 0 Å². The number of carboxylic acid groups (broad SMARTS) is 2. The monoisotopic (exact) mass is 524 g/mol. The Kier molecular flexibility index (Phi) is 9.90. The van der Waals surface area contributed by atoms with Crippen LogP contribution in [-0.2, 0) is 19.2 Å². The molecule has 0 bridgehead atoms. The number of nitrogens with zero attached hydrogens (tertiary/aromatic N) is 1. The van der Waals surface area contributed by atoms with E-state index in [2.05, 4.69) is 0 Å². The lowest BCUT2D eigenvalue weighted by molar-refractivity contribution is -0.138. The summed E-state index contributed by atoms with van der Waals surface area (Å²) in [5.41, 5.74) is 6.79. The predicted octanol–water partition coefficient (Wildman–Crippen LogP) is 3.07. The van der Waals surface area contributed by atoms with Crippen molar-refractivity contribution < 1.29 is 33.8 Å². The summed E-state index contributed by atoms with van der Waals surface area (Å²) >= 11 is 0. The highest BCUT2D eigenvalue weighted by Crippen LogP contribution is 2.42. The molecule has 4 N–H and O–H groups in total. The van der Waals surface area contributed by atoms with Crippen LogP contribution in [0.25, 0.3) is 0 Å². The molecule has 0 aromatic heterocycles. The topological polar surface area (TPSA) is 138 Å². The van der Waals surface area contributed by atoms with Gasteiger partial charge in [-0.3, -0.25) is 19.3 Å². The van der Waals surface area contributed by atoms with E-state index < -0.39 is 29.8 Å². The van der Waals surface area contributed by atoms with Gasteiger partial charge < -0.3 is 15.9 Å². The van der Waals surface area contributed by atoms with E-state index >= 15 is 0 Å². The van der Waals surface area contributed by atoms with Gasteiger partial charge in [-0.25, -0.2) is 9.18 Å². The van der Waals surface area contributed by atoms with Crippen LogP contribution in [0.5, 0.6) is 0 Å². The van der Waals surface area contributed by atoms with Crippen molar-refractivity contribution in [1.29, 1.82) is 0 Å². The average molecular weight is 525 g/mol. The summed E-state index contributed by atoms with van der Waals surface area (Å²) in [4.78, 5) is 49.1. The average Bonchev–Trinajstić information content (AvgIpc) is 3.65. The van der Waals surface area contributed by atoms with Crippen molar-refractivity contribution >= 4 is 45.1 Å². The number of benzene rings is 1. The van der Waals surface area contributed by atoms with Crippen molar-refractivity contribution in [3.05, 3.63) is 47.3 Å². The third-order valence-electron chi connectivity index (χ3n) is 6.03. The molecule has 2 fully saturated rings. The Hall–Kier alpha value is -2.21. The van der Waals surface area contributed by atoms with Crippen LogP contribution >= 0.6 is 21.6 Å². The molecule has 1 saturated carbocycles. The van der Waals surface area contributed by atoms with Gasteiger partial charge in [0.2, 0.25) is 0 Å². The minimum absolute atomic E-state index is 0.0314. The first-order valence-electron chi connectivity index (χ1n) is 11.4. The zero-order valence-corrected chi connectivity index (χ0v) is 20.7. The smallest absolute Gasteiger partial charge is 0.328 e. The number of hydrogen-bond acceptors (Lipinski definition) is 8. The van der Waals surface area contributed by atoms with E-state index in [4.69, 9.17) is 10.8 Å². The van der Waals surface area contributed by atoms with Crippen LogP contribution in [0.2, 0.25) is 0 Å². The first kappa shape index (κ1) is 27.4. The van der Waals surface area contributed by atoms with Crippen LogP contribution < -0.4 is 5.73 Å². The second-order valence-electron chi connectivity index (χ2n) is 8.75. The molecule has 0 spiro atoms. The van der Waals surface area contributed by atoms with E-state index in [0.717, 1.165) is 18.9 Å². The van der Waals surface area contributed by atoms with Gasteiger partial charge in [0.25, 0.3) is 0 Å². The van der Waals surface area contributed by atoms with E-state index in [1.807, 2.05) is 4.90 Å². The minimum atomic E-state index is -1.10. The van der Waals surface area contributed by atoms with Gasteiger partial charge in [0.05, 0.1) is 18.5 Å².